The minimum absolute atomic E-state index is 0.138. The van der Waals surface area contributed by atoms with E-state index in [2.05, 4.69) is 20.6 Å². The molecule has 0 aliphatic heterocycles. The smallest absolute Gasteiger partial charge is 0.255 e. The Labute approximate surface area is 174 Å². The molecule has 0 aliphatic carbocycles. The average molecular weight is 402 g/mol. The van der Waals surface area contributed by atoms with Gasteiger partial charge in [-0.25, -0.2) is 4.98 Å². The van der Waals surface area contributed by atoms with Gasteiger partial charge >= 0.3 is 0 Å². The Morgan fingerprint density at radius 2 is 2.00 bits per heavy atom. The third-order valence-corrected chi connectivity index (χ3v) is 4.57. The van der Waals surface area contributed by atoms with E-state index in [-0.39, 0.29) is 5.91 Å². The van der Waals surface area contributed by atoms with E-state index in [1.165, 1.54) is 0 Å². The van der Waals surface area contributed by atoms with Gasteiger partial charge in [0.05, 0.1) is 5.56 Å². The first-order valence-corrected chi connectivity index (χ1v) is 9.72. The van der Waals surface area contributed by atoms with E-state index in [0.717, 1.165) is 10.9 Å². The Morgan fingerprint density at radius 1 is 1.13 bits per heavy atom. The highest BCUT2D eigenvalue weighted by Gasteiger charge is 2.18. The maximum Gasteiger partial charge on any atom is 0.255 e. The number of hydrogen-bond acceptors (Lipinski definition) is 6. The van der Waals surface area contributed by atoms with Crippen molar-refractivity contribution in [1.29, 1.82) is 0 Å². The molecule has 0 aliphatic rings. The van der Waals surface area contributed by atoms with E-state index in [1.807, 2.05) is 43.5 Å². The van der Waals surface area contributed by atoms with Gasteiger partial charge in [0.1, 0.15) is 28.7 Å². The molecule has 0 spiro atoms. The van der Waals surface area contributed by atoms with Crippen LogP contribution in [0.1, 0.15) is 28.6 Å². The second-order valence-corrected chi connectivity index (χ2v) is 6.74. The summed E-state index contributed by atoms with van der Waals surface area (Å²) in [5, 5.41) is 6.84. The molecule has 0 saturated heterocycles. The lowest BCUT2D eigenvalue weighted by atomic mass is 10.1. The van der Waals surface area contributed by atoms with Crippen molar-refractivity contribution in [3.8, 4) is 11.5 Å². The number of amides is 1. The van der Waals surface area contributed by atoms with Gasteiger partial charge in [0, 0.05) is 49.2 Å². The lowest BCUT2D eigenvalue weighted by Gasteiger charge is -2.09. The largest absolute Gasteiger partial charge is 0.460 e. The Morgan fingerprint density at radius 3 is 2.80 bits per heavy atom. The summed E-state index contributed by atoms with van der Waals surface area (Å²) >= 11 is 0. The normalized spacial score (nSPS) is 10.7. The van der Waals surface area contributed by atoms with Crippen LogP contribution in [-0.2, 0) is 6.54 Å². The van der Waals surface area contributed by atoms with Crippen molar-refractivity contribution >= 4 is 22.7 Å². The second kappa shape index (κ2) is 8.65. The molecule has 3 aromatic heterocycles. The zero-order valence-corrected chi connectivity index (χ0v) is 16.8. The van der Waals surface area contributed by atoms with Crippen LogP contribution in [0.5, 0.6) is 11.5 Å². The summed E-state index contributed by atoms with van der Waals surface area (Å²) in [5.74, 6) is 2.40. The average Bonchev–Trinajstić information content (AvgIpc) is 3.08. The fourth-order valence-corrected chi connectivity index (χ4v) is 3.20. The summed E-state index contributed by atoms with van der Waals surface area (Å²) in [6, 6.07) is 13.0. The Bertz CT molecular complexity index is 1170. The number of pyridine rings is 2. The highest BCUT2D eigenvalue weighted by Crippen LogP contribution is 2.31. The molecule has 2 N–H and O–H groups in total. The number of benzene rings is 1. The number of hydrogen-bond donors (Lipinski definition) is 2. The molecule has 0 fully saturated rings. The maximum atomic E-state index is 12.3. The van der Waals surface area contributed by atoms with Gasteiger partial charge in [-0.2, -0.15) is 0 Å². The predicted octanol–water partition coefficient (Wildman–Crippen LogP) is 4.69. The van der Waals surface area contributed by atoms with Crippen molar-refractivity contribution in [3.63, 3.8) is 0 Å². The first kappa shape index (κ1) is 19.4. The molecule has 3 heterocycles. The number of carbonyl (C=O) groups excluding carboxylic acids is 1. The highest BCUT2D eigenvalue weighted by molar-refractivity contribution is 6.07. The van der Waals surface area contributed by atoms with E-state index in [1.54, 1.807) is 31.5 Å². The number of carbonyl (C=O) groups is 1. The lowest BCUT2D eigenvalue weighted by Crippen LogP contribution is -2.22. The molecule has 7 heteroatoms. The molecule has 152 valence electrons. The van der Waals surface area contributed by atoms with E-state index >= 15 is 0 Å². The van der Waals surface area contributed by atoms with Crippen LogP contribution in [-0.4, -0.2) is 22.4 Å². The lowest BCUT2D eigenvalue weighted by molar-refractivity contribution is 0.0955. The summed E-state index contributed by atoms with van der Waals surface area (Å²) in [6.07, 6.45) is 5.24. The third-order valence-electron chi connectivity index (χ3n) is 4.57. The van der Waals surface area contributed by atoms with Gasteiger partial charge in [0.25, 0.3) is 5.91 Å². The molecular formula is C23H22N4O3. The Kier molecular flexibility index (Phi) is 5.61. The molecule has 0 unspecified atom stereocenters. The van der Waals surface area contributed by atoms with E-state index in [0.29, 0.717) is 47.3 Å². The number of anilines is 1. The van der Waals surface area contributed by atoms with Crippen LogP contribution in [0.4, 0.5) is 5.82 Å². The van der Waals surface area contributed by atoms with Crippen LogP contribution in [0.15, 0.2) is 65.5 Å². The van der Waals surface area contributed by atoms with Gasteiger partial charge in [-0.1, -0.05) is 6.07 Å². The van der Waals surface area contributed by atoms with Gasteiger partial charge < -0.3 is 19.8 Å². The molecule has 1 amide bonds. The van der Waals surface area contributed by atoms with Gasteiger partial charge in [0.2, 0.25) is 0 Å². The third kappa shape index (κ3) is 4.25. The number of aromatic nitrogens is 2. The maximum absolute atomic E-state index is 12.3. The molecule has 7 nitrogen and oxygen atoms in total. The molecule has 30 heavy (non-hydrogen) atoms. The summed E-state index contributed by atoms with van der Waals surface area (Å²) in [6.45, 7) is 4.85. The zero-order chi connectivity index (χ0) is 20.9. The number of nitrogens with zero attached hydrogens (tertiary/aromatic N) is 2. The van der Waals surface area contributed by atoms with Crippen LogP contribution in [0.25, 0.3) is 11.0 Å². The van der Waals surface area contributed by atoms with Crippen LogP contribution in [0, 0.1) is 6.92 Å². The molecule has 4 rings (SSSR count). The van der Waals surface area contributed by atoms with Crippen molar-refractivity contribution in [3.05, 3.63) is 77.9 Å². The minimum Gasteiger partial charge on any atom is -0.460 e. The molecule has 0 radical (unpaired) electrons. The zero-order valence-electron chi connectivity index (χ0n) is 16.8. The Balaban J connectivity index is 1.51. The van der Waals surface area contributed by atoms with Crippen molar-refractivity contribution in [1.82, 2.24) is 15.3 Å². The first-order chi connectivity index (χ1) is 14.6. The van der Waals surface area contributed by atoms with Crippen LogP contribution >= 0.6 is 0 Å². The summed E-state index contributed by atoms with van der Waals surface area (Å²) in [5.41, 5.74) is 2.23. The number of aryl methyl sites for hydroxylation is 1. The minimum atomic E-state index is -0.138. The molecular weight excluding hydrogens is 380 g/mol. The first-order valence-electron chi connectivity index (χ1n) is 9.72. The van der Waals surface area contributed by atoms with Gasteiger partial charge in [0.15, 0.2) is 0 Å². The van der Waals surface area contributed by atoms with E-state index in [9.17, 15) is 4.79 Å². The fourth-order valence-electron chi connectivity index (χ4n) is 3.20. The molecule has 0 bridgehead atoms. The van der Waals surface area contributed by atoms with Crippen LogP contribution in [0.3, 0.4) is 0 Å². The van der Waals surface area contributed by atoms with Gasteiger partial charge in [-0.05, 0) is 43.7 Å². The number of nitrogens with one attached hydrogen (secondary N) is 2. The SMILES string of the molecule is CCNC(=O)c1c(C)oc2cc(Oc3ccnc(NCc4cccnc4)c3)ccc12. The highest BCUT2D eigenvalue weighted by atomic mass is 16.5. The summed E-state index contributed by atoms with van der Waals surface area (Å²) in [7, 11) is 0. The standard InChI is InChI=1S/C23H22N4O3/c1-3-25-23(28)22-15(2)29-20-11-17(6-7-19(20)22)30-18-8-10-26-21(12-18)27-14-16-5-4-9-24-13-16/h4-13H,3,14H2,1-2H3,(H,25,28)(H,26,27). The Hall–Kier alpha value is -3.87. The van der Waals surface area contributed by atoms with Crippen molar-refractivity contribution < 1.29 is 13.9 Å². The van der Waals surface area contributed by atoms with Crippen molar-refractivity contribution in [2.24, 2.45) is 0 Å². The van der Waals surface area contributed by atoms with Crippen LogP contribution < -0.4 is 15.4 Å². The summed E-state index contributed by atoms with van der Waals surface area (Å²) in [4.78, 5) is 20.7. The van der Waals surface area contributed by atoms with E-state index in [4.69, 9.17) is 9.15 Å². The number of ether oxygens (including phenoxy) is 1. The second-order valence-electron chi connectivity index (χ2n) is 6.74. The summed E-state index contributed by atoms with van der Waals surface area (Å²) < 4.78 is 11.8. The topological polar surface area (TPSA) is 89.3 Å². The number of furan rings is 1. The predicted molar refractivity (Wildman–Crippen MR) is 115 cm³/mol. The van der Waals surface area contributed by atoms with Crippen LogP contribution in [0.2, 0.25) is 0 Å². The number of rotatable bonds is 7. The quantitative estimate of drug-likeness (QED) is 0.466. The fraction of sp³-hybridized carbons (Fsp3) is 0.174. The molecule has 0 atom stereocenters. The number of fused-ring (bicyclic) bond motifs is 1. The van der Waals surface area contributed by atoms with Gasteiger partial charge in [-0.3, -0.25) is 9.78 Å². The van der Waals surface area contributed by atoms with Crippen molar-refractivity contribution in [2.75, 3.05) is 11.9 Å². The van der Waals surface area contributed by atoms with Crippen molar-refractivity contribution in [2.45, 2.75) is 20.4 Å². The molecule has 0 saturated carbocycles. The van der Waals surface area contributed by atoms with Gasteiger partial charge in [-0.15, -0.1) is 0 Å². The van der Waals surface area contributed by atoms with E-state index < -0.39 is 0 Å². The monoisotopic (exact) mass is 402 g/mol. The molecule has 1 aromatic carbocycles. The molecule has 4 aromatic rings.